The number of hydrogen-bond donors (Lipinski definition) is 2. The highest BCUT2D eigenvalue weighted by atomic mass is 32.2. The molecule has 6 nitrogen and oxygen atoms in total. The third kappa shape index (κ3) is 3.62. The molecule has 0 saturated carbocycles. The summed E-state index contributed by atoms with van der Waals surface area (Å²) in [7, 11) is -3.91. The average Bonchev–Trinajstić information content (AvgIpc) is 2.34. The van der Waals surface area contributed by atoms with Gasteiger partial charge in [-0.2, -0.15) is 4.31 Å². The maximum atomic E-state index is 12.7. The molecule has 0 saturated heterocycles. The van der Waals surface area contributed by atoms with Crippen LogP contribution in [0.5, 0.6) is 5.75 Å². The monoisotopic (exact) mass is 313 g/mol. The van der Waals surface area contributed by atoms with Crippen molar-refractivity contribution in [1.82, 2.24) is 4.31 Å². The van der Waals surface area contributed by atoms with Crippen LogP contribution in [0.2, 0.25) is 0 Å². The third-order valence-corrected chi connectivity index (χ3v) is 4.96. The number of hydrogen-bond acceptors (Lipinski definition) is 4. The minimum Gasteiger partial charge on any atom is -0.507 e. The highest BCUT2D eigenvalue weighted by Gasteiger charge is 2.33. The van der Waals surface area contributed by atoms with Gasteiger partial charge in [-0.25, -0.2) is 13.2 Å². The van der Waals surface area contributed by atoms with E-state index in [0.717, 1.165) is 12.1 Å². The molecule has 0 aliphatic carbocycles. The Labute approximate surface area is 124 Å². The van der Waals surface area contributed by atoms with Gasteiger partial charge < -0.3 is 10.2 Å². The number of phenols is 1. The van der Waals surface area contributed by atoms with Gasteiger partial charge in [0, 0.05) is 12.1 Å². The first kappa shape index (κ1) is 17.2. The highest BCUT2D eigenvalue weighted by Crippen LogP contribution is 2.27. The van der Waals surface area contributed by atoms with Gasteiger partial charge >= 0.3 is 5.97 Å². The minimum absolute atomic E-state index is 0.0924. The lowest BCUT2D eigenvalue weighted by Gasteiger charge is -2.33. The van der Waals surface area contributed by atoms with Crippen molar-refractivity contribution in [1.29, 1.82) is 0 Å². The van der Waals surface area contributed by atoms with E-state index in [4.69, 9.17) is 5.11 Å². The van der Waals surface area contributed by atoms with E-state index >= 15 is 0 Å². The van der Waals surface area contributed by atoms with Crippen LogP contribution in [0.4, 0.5) is 0 Å². The molecule has 0 aliphatic heterocycles. The summed E-state index contributed by atoms with van der Waals surface area (Å²) < 4.78 is 26.5. The van der Waals surface area contributed by atoms with E-state index in [1.54, 1.807) is 20.8 Å². The molecule has 2 N–H and O–H groups in total. The number of rotatable bonds is 5. The van der Waals surface area contributed by atoms with Crippen molar-refractivity contribution >= 4 is 16.0 Å². The second kappa shape index (κ2) is 5.87. The lowest BCUT2D eigenvalue weighted by Crippen LogP contribution is -2.45. The standard InChI is InChI=1S/C14H19NO5S/c1-5-8-15(14(2,3)4)21(19,20)10-6-7-12(16)11(9-10)13(17)18/h5-7,9,16H,1,8H2,2-4H3,(H,17,18). The molecule has 0 fully saturated rings. The zero-order chi connectivity index (χ0) is 16.4. The molecular formula is C14H19NO5S. The molecule has 0 aromatic heterocycles. The van der Waals surface area contributed by atoms with Gasteiger partial charge in [0.25, 0.3) is 0 Å². The minimum atomic E-state index is -3.91. The highest BCUT2D eigenvalue weighted by molar-refractivity contribution is 7.89. The maximum absolute atomic E-state index is 12.7. The van der Waals surface area contributed by atoms with Crippen LogP contribution < -0.4 is 0 Å². The number of aromatic carboxylic acids is 1. The van der Waals surface area contributed by atoms with E-state index < -0.39 is 32.8 Å². The Bertz CT molecular complexity index is 658. The molecule has 0 spiro atoms. The number of sulfonamides is 1. The van der Waals surface area contributed by atoms with Crippen molar-refractivity contribution in [2.24, 2.45) is 0 Å². The van der Waals surface area contributed by atoms with E-state index in [-0.39, 0.29) is 11.4 Å². The van der Waals surface area contributed by atoms with Crippen LogP contribution >= 0.6 is 0 Å². The van der Waals surface area contributed by atoms with E-state index in [9.17, 15) is 18.3 Å². The molecule has 0 aliphatic rings. The van der Waals surface area contributed by atoms with Crippen molar-refractivity contribution in [2.45, 2.75) is 31.2 Å². The van der Waals surface area contributed by atoms with Gasteiger partial charge in [-0.15, -0.1) is 6.58 Å². The summed E-state index contributed by atoms with van der Waals surface area (Å²) in [5.41, 5.74) is -1.16. The third-order valence-electron chi connectivity index (χ3n) is 2.83. The van der Waals surface area contributed by atoms with E-state index in [1.807, 2.05) is 0 Å². The summed E-state index contributed by atoms with van der Waals surface area (Å²) in [5.74, 6) is -1.87. The van der Waals surface area contributed by atoms with Crippen LogP contribution in [-0.2, 0) is 10.0 Å². The molecule has 21 heavy (non-hydrogen) atoms. The molecule has 7 heteroatoms. The summed E-state index contributed by atoms with van der Waals surface area (Å²) in [6, 6.07) is 3.19. The first-order valence-electron chi connectivity index (χ1n) is 6.22. The molecule has 0 heterocycles. The Hall–Kier alpha value is -1.86. The van der Waals surface area contributed by atoms with Crippen LogP contribution in [0.1, 0.15) is 31.1 Å². The number of carboxylic acid groups (broad SMARTS) is 1. The smallest absolute Gasteiger partial charge is 0.339 e. The van der Waals surface area contributed by atoms with Gasteiger partial charge in [-0.05, 0) is 39.0 Å². The van der Waals surface area contributed by atoms with E-state index in [2.05, 4.69) is 6.58 Å². The van der Waals surface area contributed by atoms with Crippen LogP contribution in [0.25, 0.3) is 0 Å². The Morgan fingerprint density at radius 2 is 1.95 bits per heavy atom. The average molecular weight is 313 g/mol. The van der Waals surface area contributed by atoms with Gasteiger partial charge in [0.1, 0.15) is 11.3 Å². The maximum Gasteiger partial charge on any atom is 0.339 e. The van der Waals surface area contributed by atoms with Gasteiger partial charge in [0.15, 0.2) is 0 Å². The zero-order valence-corrected chi connectivity index (χ0v) is 13.0. The summed E-state index contributed by atoms with van der Waals surface area (Å²) in [6.07, 6.45) is 1.46. The summed E-state index contributed by atoms with van der Waals surface area (Å²) in [5, 5.41) is 18.4. The molecule has 1 aromatic rings. The van der Waals surface area contributed by atoms with Crippen LogP contribution in [0.3, 0.4) is 0 Å². The van der Waals surface area contributed by atoms with Crippen LogP contribution in [0.15, 0.2) is 35.7 Å². The Morgan fingerprint density at radius 1 is 1.38 bits per heavy atom. The number of nitrogens with zero attached hydrogens (tertiary/aromatic N) is 1. The van der Waals surface area contributed by atoms with E-state index in [1.165, 1.54) is 16.4 Å². The van der Waals surface area contributed by atoms with Gasteiger partial charge in [0.2, 0.25) is 10.0 Å². The molecule has 0 atom stereocenters. The number of carbonyl (C=O) groups is 1. The summed E-state index contributed by atoms with van der Waals surface area (Å²) >= 11 is 0. The van der Waals surface area contributed by atoms with Crippen molar-refractivity contribution in [3.8, 4) is 5.75 Å². The quantitative estimate of drug-likeness (QED) is 0.811. The topological polar surface area (TPSA) is 94.9 Å². The molecule has 0 radical (unpaired) electrons. The second-order valence-corrected chi connectivity index (χ2v) is 7.34. The lowest BCUT2D eigenvalue weighted by molar-refractivity contribution is 0.0693. The summed E-state index contributed by atoms with van der Waals surface area (Å²) in [4.78, 5) is 10.8. The molecule has 0 bridgehead atoms. The largest absolute Gasteiger partial charge is 0.507 e. The molecule has 1 rings (SSSR count). The SMILES string of the molecule is C=CCN(C(C)(C)C)S(=O)(=O)c1ccc(O)c(C(=O)O)c1. The van der Waals surface area contributed by atoms with E-state index in [0.29, 0.717) is 0 Å². The fourth-order valence-electron chi connectivity index (χ4n) is 1.82. The van der Waals surface area contributed by atoms with Crippen molar-refractivity contribution in [3.05, 3.63) is 36.4 Å². The van der Waals surface area contributed by atoms with Gasteiger partial charge in [-0.1, -0.05) is 6.08 Å². The normalized spacial score (nSPS) is 12.4. The molecular weight excluding hydrogens is 294 g/mol. The van der Waals surface area contributed by atoms with Crippen molar-refractivity contribution in [3.63, 3.8) is 0 Å². The predicted molar refractivity (Wildman–Crippen MR) is 78.9 cm³/mol. The Balaban J connectivity index is 3.45. The van der Waals surface area contributed by atoms with Crippen molar-refractivity contribution in [2.75, 3.05) is 6.54 Å². The van der Waals surface area contributed by atoms with Crippen LogP contribution in [-0.4, -0.2) is 41.0 Å². The Morgan fingerprint density at radius 3 is 2.38 bits per heavy atom. The molecule has 0 amide bonds. The first-order valence-corrected chi connectivity index (χ1v) is 7.66. The Kier molecular flexibility index (Phi) is 4.80. The predicted octanol–water partition coefficient (Wildman–Crippen LogP) is 2.07. The van der Waals surface area contributed by atoms with Gasteiger partial charge in [-0.3, -0.25) is 0 Å². The molecule has 1 aromatic carbocycles. The van der Waals surface area contributed by atoms with Gasteiger partial charge in [0.05, 0.1) is 4.90 Å². The number of benzene rings is 1. The first-order chi connectivity index (χ1) is 9.51. The fraction of sp³-hybridized carbons (Fsp3) is 0.357. The second-order valence-electron chi connectivity index (χ2n) is 5.48. The summed E-state index contributed by atoms with van der Waals surface area (Å²) in [6.45, 7) is 8.82. The van der Waals surface area contributed by atoms with Crippen molar-refractivity contribution < 1.29 is 23.4 Å². The fourth-order valence-corrected chi connectivity index (χ4v) is 3.61. The van der Waals surface area contributed by atoms with Crippen LogP contribution in [0, 0.1) is 0 Å². The number of carboxylic acids is 1. The molecule has 0 unspecified atom stereocenters. The lowest BCUT2D eigenvalue weighted by atomic mass is 10.1. The zero-order valence-electron chi connectivity index (χ0n) is 12.2. The number of aromatic hydroxyl groups is 1. The molecule has 116 valence electrons.